The van der Waals surface area contributed by atoms with E-state index in [1.54, 1.807) is 6.34 Å². The number of fused-ring (bicyclic) bond motifs is 1. The molecular weight excluding hydrogens is 130 g/mol. The first-order valence-corrected chi connectivity index (χ1v) is 3.61. The van der Waals surface area contributed by atoms with Crippen molar-refractivity contribution in [1.29, 1.82) is 0 Å². The van der Waals surface area contributed by atoms with Crippen LogP contribution in [0.2, 0.25) is 0 Å². The molecule has 2 atom stereocenters. The van der Waals surface area contributed by atoms with Crippen LogP contribution >= 0.6 is 0 Å². The maximum Gasteiger partial charge on any atom is 0.146 e. The van der Waals surface area contributed by atoms with Crippen molar-refractivity contribution < 1.29 is 5.21 Å². The fourth-order valence-electron chi connectivity index (χ4n) is 1.53. The lowest BCUT2D eigenvalue weighted by Crippen LogP contribution is -2.47. The Balaban J connectivity index is 2.08. The summed E-state index contributed by atoms with van der Waals surface area (Å²) in [5.41, 5.74) is 0. The van der Waals surface area contributed by atoms with Crippen LogP contribution in [0.15, 0.2) is 4.99 Å². The Morgan fingerprint density at radius 3 is 3.40 bits per heavy atom. The first kappa shape index (κ1) is 6.12. The van der Waals surface area contributed by atoms with Crippen molar-refractivity contribution in [1.82, 2.24) is 10.4 Å². The second kappa shape index (κ2) is 2.21. The molecule has 0 aliphatic carbocycles. The highest BCUT2D eigenvalue weighted by molar-refractivity contribution is 5.58. The molecule has 2 rings (SSSR count). The molecular formula is C6H11N3O. The van der Waals surface area contributed by atoms with Crippen LogP contribution in [0.5, 0.6) is 0 Å². The second-order valence-corrected chi connectivity index (χ2v) is 2.77. The summed E-state index contributed by atoms with van der Waals surface area (Å²) in [6, 6.07) is 0.346. The van der Waals surface area contributed by atoms with E-state index in [-0.39, 0.29) is 6.17 Å². The van der Waals surface area contributed by atoms with Gasteiger partial charge in [-0.2, -0.15) is 5.06 Å². The maximum absolute atomic E-state index is 9.26. The highest BCUT2D eigenvalue weighted by atomic mass is 16.5. The molecule has 10 heavy (non-hydrogen) atoms. The molecule has 0 spiro atoms. The summed E-state index contributed by atoms with van der Waals surface area (Å²) >= 11 is 0. The summed E-state index contributed by atoms with van der Waals surface area (Å²) < 4.78 is 0. The van der Waals surface area contributed by atoms with Gasteiger partial charge in [-0.05, 0) is 12.8 Å². The fourth-order valence-corrected chi connectivity index (χ4v) is 1.53. The van der Waals surface area contributed by atoms with Gasteiger partial charge in [0.05, 0.1) is 12.4 Å². The van der Waals surface area contributed by atoms with Crippen molar-refractivity contribution in [2.24, 2.45) is 4.99 Å². The highest BCUT2D eigenvalue weighted by Crippen LogP contribution is 2.18. The van der Waals surface area contributed by atoms with Gasteiger partial charge < -0.3 is 10.5 Å². The molecule has 0 aromatic rings. The molecule has 2 N–H and O–H groups in total. The molecule has 2 heterocycles. The van der Waals surface area contributed by atoms with E-state index in [1.165, 1.54) is 5.06 Å². The Morgan fingerprint density at radius 2 is 2.60 bits per heavy atom. The first-order valence-electron chi connectivity index (χ1n) is 3.61. The van der Waals surface area contributed by atoms with Crippen LogP contribution in [0, 0.1) is 0 Å². The second-order valence-electron chi connectivity index (χ2n) is 2.77. The van der Waals surface area contributed by atoms with Crippen molar-refractivity contribution in [2.45, 2.75) is 25.0 Å². The van der Waals surface area contributed by atoms with Crippen molar-refractivity contribution in [2.75, 3.05) is 6.54 Å². The number of rotatable bonds is 0. The topological polar surface area (TPSA) is 47.9 Å². The molecule has 0 aromatic heterocycles. The first-order chi connectivity index (χ1) is 4.88. The van der Waals surface area contributed by atoms with E-state index < -0.39 is 0 Å². The largest absolute Gasteiger partial charge is 0.370 e. The van der Waals surface area contributed by atoms with Gasteiger partial charge in [-0.15, -0.1) is 0 Å². The Hall–Kier alpha value is -0.610. The van der Waals surface area contributed by atoms with Gasteiger partial charge in [0.25, 0.3) is 0 Å². The monoisotopic (exact) mass is 141 g/mol. The molecule has 56 valence electrons. The predicted octanol–water partition coefficient (Wildman–Crippen LogP) is -0.202. The number of hydrogen-bond donors (Lipinski definition) is 2. The van der Waals surface area contributed by atoms with Crippen molar-refractivity contribution in [3.8, 4) is 0 Å². The van der Waals surface area contributed by atoms with Gasteiger partial charge in [0.1, 0.15) is 6.17 Å². The molecule has 0 amide bonds. The molecule has 2 aliphatic rings. The number of aliphatic imine (C=N–C) groups is 1. The SMILES string of the molecule is ON1CCCC2NC=NC21. The number of hydrogen-bond acceptors (Lipinski definition) is 4. The third kappa shape index (κ3) is 0.803. The van der Waals surface area contributed by atoms with Crippen molar-refractivity contribution in [3.63, 3.8) is 0 Å². The minimum absolute atomic E-state index is 0.0197. The Bertz CT molecular complexity index is 159. The van der Waals surface area contributed by atoms with Gasteiger partial charge in [0.15, 0.2) is 0 Å². The van der Waals surface area contributed by atoms with Gasteiger partial charge in [-0.1, -0.05) is 0 Å². The zero-order valence-electron chi connectivity index (χ0n) is 5.70. The molecule has 2 aliphatic heterocycles. The summed E-state index contributed by atoms with van der Waals surface area (Å²) in [4.78, 5) is 4.08. The molecule has 4 heteroatoms. The lowest BCUT2D eigenvalue weighted by molar-refractivity contribution is -0.143. The van der Waals surface area contributed by atoms with Crippen LogP contribution in [-0.2, 0) is 0 Å². The Morgan fingerprint density at radius 1 is 1.70 bits per heavy atom. The van der Waals surface area contributed by atoms with Gasteiger partial charge in [0.2, 0.25) is 0 Å². The number of nitrogens with one attached hydrogen (secondary N) is 1. The molecule has 0 aromatic carbocycles. The van der Waals surface area contributed by atoms with Crippen LogP contribution in [-0.4, -0.2) is 35.4 Å². The number of piperidine rings is 1. The molecule has 0 saturated carbocycles. The molecule has 0 bridgehead atoms. The Labute approximate surface area is 59.5 Å². The van der Waals surface area contributed by atoms with Gasteiger partial charge in [-0.25, -0.2) is 0 Å². The summed E-state index contributed by atoms with van der Waals surface area (Å²) in [5, 5.41) is 13.7. The van der Waals surface area contributed by atoms with Gasteiger partial charge in [-0.3, -0.25) is 4.99 Å². The average Bonchev–Trinajstić information content (AvgIpc) is 2.36. The molecule has 4 nitrogen and oxygen atoms in total. The van der Waals surface area contributed by atoms with Crippen LogP contribution in [0.1, 0.15) is 12.8 Å². The third-order valence-electron chi connectivity index (χ3n) is 2.08. The zero-order valence-corrected chi connectivity index (χ0v) is 5.70. The standard InChI is InChI=1S/C6H11N3O/c10-9-3-1-2-5-6(9)8-4-7-5/h4-6,10H,1-3H2,(H,7,8). The van der Waals surface area contributed by atoms with E-state index in [1.807, 2.05) is 0 Å². The summed E-state index contributed by atoms with van der Waals surface area (Å²) in [7, 11) is 0. The van der Waals surface area contributed by atoms with E-state index in [0.717, 1.165) is 19.4 Å². The van der Waals surface area contributed by atoms with Gasteiger partial charge >= 0.3 is 0 Å². The molecule has 1 fully saturated rings. The van der Waals surface area contributed by atoms with E-state index in [9.17, 15) is 5.21 Å². The minimum atomic E-state index is -0.0197. The Kier molecular flexibility index (Phi) is 1.35. The average molecular weight is 141 g/mol. The minimum Gasteiger partial charge on any atom is -0.370 e. The van der Waals surface area contributed by atoms with E-state index >= 15 is 0 Å². The van der Waals surface area contributed by atoms with Crippen molar-refractivity contribution >= 4 is 6.34 Å². The van der Waals surface area contributed by atoms with Gasteiger partial charge in [0, 0.05) is 6.54 Å². The predicted molar refractivity (Wildman–Crippen MR) is 36.9 cm³/mol. The van der Waals surface area contributed by atoms with Crippen LogP contribution < -0.4 is 5.32 Å². The number of nitrogens with zero attached hydrogens (tertiary/aromatic N) is 2. The highest BCUT2D eigenvalue weighted by Gasteiger charge is 2.31. The maximum atomic E-state index is 9.26. The quantitative estimate of drug-likeness (QED) is 0.491. The normalized spacial score (nSPS) is 39.3. The van der Waals surface area contributed by atoms with E-state index in [0.29, 0.717) is 6.04 Å². The van der Waals surface area contributed by atoms with Crippen LogP contribution in [0.25, 0.3) is 0 Å². The third-order valence-corrected chi connectivity index (χ3v) is 2.08. The summed E-state index contributed by atoms with van der Waals surface area (Å²) in [5.74, 6) is 0. The lowest BCUT2D eigenvalue weighted by Gasteiger charge is -2.30. The van der Waals surface area contributed by atoms with Crippen LogP contribution in [0.4, 0.5) is 0 Å². The van der Waals surface area contributed by atoms with Crippen LogP contribution in [0.3, 0.4) is 0 Å². The molecule has 0 radical (unpaired) electrons. The lowest BCUT2D eigenvalue weighted by atomic mass is 10.1. The zero-order chi connectivity index (χ0) is 6.97. The molecule has 1 saturated heterocycles. The van der Waals surface area contributed by atoms with E-state index in [2.05, 4.69) is 10.3 Å². The molecule has 2 unspecified atom stereocenters. The van der Waals surface area contributed by atoms with E-state index in [4.69, 9.17) is 0 Å². The smallest absolute Gasteiger partial charge is 0.146 e. The number of hydroxylamine groups is 2. The fraction of sp³-hybridized carbons (Fsp3) is 0.833. The summed E-state index contributed by atoms with van der Waals surface area (Å²) in [6.45, 7) is 0.750. The van der Waals surface area contributed by atoms with Crippen molar-refractivity contribution in [3.05, 3.63) is 0 Å². The summed E-state index contributed by atoms with van der Waals surface area (Å²) in [6.07, 6.45) is 3.83.